The highest BCUT2D eigenvalue weighted by atomic mass is 15.4. The molecule has 0 bridgehead atoms. The largest absolute Gasteiger partial charge is 0.256 e. The summed E-state index contributed by atoms with van der Waals surface area (Å²) in [5.41, 5.74) is 4.42. The van der Waals surface area contributed by atoms with E-state index < -0.39 is 17.5 Å². The fourth-order valence-electron chi connectivity index (χ4n) is 6.29. The first-order valence-corrected chi connectivity index (χ1v) is 12.4. The second kappa shape index (κ2) is 7.75. The molecule has 4 rings (SSSR count). The van der Waals surface area contributed by atoms with E-state index >= 15 is 0 Å². The average molecular weight is 434 g/mol. The lowest BCUT2D eigenvalue weighted by molar-refractivity contribution is -0.639. The van der Waals surface area contributed by atoms with Crippen LogP contribution in [-0.2, 0) is 11.9 Å². The van der Waals surface area contributed by atoms with Crippen molar-refractivity contribution < 1.29 is 7.32 Å². The molecule has 0 saturated carbocycles. The predicted octanol–water partition coefficient (Wildman–Crippen LogP) is 7.46. The smallest absolute Gasteiger partial charge is 0.249 e. The van der Waals surface area contributed by atoms with Crippen molar-refractivity contribution in [3.63, 3.8) is 0 Å². The number of benzene rings is 2. The van der Waals surface area contributed by atoms with Crippen molar-refractivity contribution in [3.05, 3.63) is 64.7 Å². The minimum atomic E-state index is -1.54. The topological polar surface area (TPSA) is 6.25 Å². The fraction of sp³-hybridized carbons (Fsp3) is 0.567. The second-order valence-electron chi connectivity index (χ2n) is 11.2. The summed E-state index contributed by atoms with van der Waals surface area (Å²) in [5.74, 6) is 2.14. The van der Waals surface area contributed by atoms with Crippen LogP contribution in [0.1, 0.15) is 106 Å². The zero-order valence-corrected chi connectivity index (χ0v) is 21.7. The van der Waals surface area contributed by atoms with Crippen LogP contribution in [0.3, 0.4) is 0 Å². The minimum Gasteiger partial charge on any atom is -0.249 e. The molecule has 172 valence electrons. The van der Waals surface area contributed by atoms with Crippen LogP contribution in [-0.4, -0.2) is 22.0 Å². The summed E-state index contributed by atoms with van der Waals surface area (Å²) in [4.78, 5) is 2.46. The van der Waals surface area contributed by atoms with Gasteiger partial charge in [-0.1, -0.05) is 84.0 Å². The summed E-state index contributed by atoms with van der Waals surface area (Å²) in [6.45, 7) is 22.5. The summed E-state index contributed by atoms with van der Waals surface area (Å²) in [6.07, 6.45) is -1.54. The van der Waals surface area contributed by atoms with Crippen LogP contribution in [0.4, 0.5) is 5.69 Å². The standard InChI is InChI=1S/C30H43N2/c1-19(2)24-15-13-16-25(20(3)4)27(24)32-28(21(5)6)31(22(7)8)30(10)26-17-12-11-14-23(26)18-29(30,32)9/h11-17,19-22H,18H2,1-10H3/q+1/t29-,30+/m0/s1/i18D2. The first kappa shape index (κ1) is 20.5. The summed E-state index contributed by atoms with van der Waals surface area (Å²) in [6, 6.07) is 15.1. The molecule has 2 nitrogen and oxygen atoms in total. The number of hydrogen-bond acceptors (Lipinski definition) is 1. The Hall–Kier alpha value is -2.09. The Labute approximate surface area is 199 Å². The van der Waals surface area contributed by atoms with Gasteiger partial charge in [-0.05, 0) is 45.1 Å². The van der Waals surface area contributed by atoms with E-state index in [-0.39, 0.29) is 12.0 Å². The summed E-state index contributed by atoms with van der Waals surface area (Å²) in [7, 11) is 0. The number of rotatable bonds is 5. The molecule has 0 aromatic heterocycles. The zero-order chi connectivity index (χ0) is 25.4. The zero-order valence-electron chi connectivity index (χ0n) is 23.7. The minimum absolute atomic E-state index is 0.224. The lowest BCUT2D eigenvalue weighted by Gasteiger charge is -2.39. The first-order valence-electron chi connectivity index (χ1n) is 13.4. The SMILES string of the molecule is [2H]C1([2H])c2ccccc2[C@@]2(C)[N+](C(C)C)=C(C(C)C)N(c3c(C(C)C)cccc3C(C)C)[C@@]12C. The molecule has 2 atom stereocenters. The predicted molar refractivity (Wildman–Crippen MR) is 138 cm³/mol. The van der Waals surface area contributed by atoms with Gasteiger partial charge in [-0.15, -0.1) is 0 Å². The van der Waals surface area contributed by atoms with Crippen LogP contribution in [0.25, 0.3) is 0 Å². The van der Waals surface area contributed by atoms with Crippen molar-refractivity contribution in [1.29, 1.82) is 0 Å². The van der Waals surface area contributed by atoms with Gasteiger partial charge in [-0.2, -0.15) is 0 Å². The molecule has 0 radical (unpaired) electrons. The molecule has 0 saturated heterocycles. The quantitative estimate of drug-likeness (QED) is 0.444. The first-order chi connectivity index (χ1) is 15.7. The van der Waals surface area contributed by atoms with Crippen molar-refractivity contribution in [2.45, 2.75) is 105 Å². The Morgan fingerprint density at radius 2 is 1.38 bits per heavy atom. The van der Waals surface area contributed by atoms with Crippen molar-refractivity contribution in [2.24, 2.45) is 5.92 Å². The van der Waals surface area contributed by atoms with Crippen molar-refractivity contribution in [1.82, 2.24) is 0 Å². The number of fused-ring (bicyclic) bond motifs is 3. The van der Waals surface area contributed by atoms with E-state index in [0.29, 0.717) is 11.8 Å². The normalized spacial score (nSPS) is 27.5. The van der Waals surface area contributed by atoms with E-state index in [4.69, 9.17) is 0 Å². The van der Waals surface area contributed by atoms with Gasteiger partial charge in [-0.3, -0.25) is 0 Å². The molecule has 0 N–H and O–H groups in total. The summed E-state index contributed by atoms with van der Waals surface area (Å²) < 4.78 is 21.9. The molecule has 2 heteroatoms. The fourth-order valence-corrected chi connectivity index (χ4v) is 6.29. The van der Waals surface area contributed by atoms with Crippen LogP contribution in [0.2, 0.25) is 0 Å². The molecule has 0 spiro atoms. The van der Waals surface area contributed by atoms with E-state index in [9.17, 15) is 2.74 Å². The molecular weight excluding hydrogens is 388 g/mol. The molecule has 32 heavy (non-hydrogen) atoms. The number of anilines is 1. The van der Waals surface area contributed by atoms with Crippen molar-refractivity contribution in [3.8, 4) is 0 Å². The highest BCUT2D eigenvalue weighted by molar-refractivity contribution is 6.01. The molecule has 2 aromatic rings. The van der Waals surface area contributed by atoms with E-state index in [1.165, 1.54) is 22.6 Å². The van der Waals surface area contributed by atoms with Crippen LogP contribution in [0, 0.1) is 5.92 Å². The maximum Gasteiger partial charge on any atom is 0.256 e. The summed E-state index contributed by atoms with van der Waals surface area (Å²) >= 11 is 0. The maximum atomic E-state index is 9.70. The lowest BCUT2D eigenvalue weighted by atomic mass is 9.77. The third-order valence-electron chi connectivity index (χ3n) is 7.78. The molecular formula is C30H43N2+. The van der Waals surface area contributed by atoms with Crippen molar-refractivity contribution >= 4 is 11.5 Å². The molecule has 1 heterocycles. The highest BCUT2D eigenvalue weighted by Gasteiger charge is 2.70. The Balaban J connectivity index is 2.23. The van der Waals surface area contributed by atoms with E-state index in [2.05, 4.69) is 109 Å². The van der Waals surface area contributed by atoms with Gasteiger partial charge in [0.25, 0.3) is 5.84 Å². The third-order valence-corrected chi connectivity index (χ3v) is 7.78. The molecule has 0 fully saturated rings. The highest BCUT2D eigenvalue weighted by Crippen LogP contribution is 2.57. The van der Waals surface area contributed by atoms with Crippen LogP contribution in [0.5, 0.6) is 0 Å². The van der Waals surface area contributed by atoms with Crippen molar-refractivity contribution in [2.75, 3.05) is 4.90 Å². The average Bonchev–Trinajstić information content (AvgIpc) is 3.06. The molecule has 0 amide bonds. The number of hydrogen-bond donors (Lipinski definition) is 0. The lowest BCUT2D eigenvalue weighted by Crippen LogP contribution is -2.56. The van der Waals surface area contributed by atoms with Crippen LogP contribution >= 0.6 is 0 Å². The molecule has 0 unspecified atom stereocenters. The molecule has 2 aromatic carbocycles. The number of para-hydroxylation sites is 1. The van der Waals surface area contributed by atoms with E-state index in [1.54, 1.807) is 0 Å². The van der Waals surface area contributed by atoms with Gasteiger partial charge in [0, 0.05) is 25.8 Å². The molecule has 2 aliphatic rings. The van der Waals surface area contributed by atoms with E-state index in [0.717, 1.165) is 11.1 Å². The van der Waals surface area contributed by atoms with Crippen LogP contribution in [0.15, 0.2) is 42.5 Å². The maximum absolute atomic E-state index is 9.70. The van der Waals surface area contributed by atoms with Gasteiger partial charge in [-0.25, -0.2) is 9.48 Å². The molecule has 1 aliphatic heterocycles. The Bertz CT molecular complexity index is 1120. The third kappa shape index (κ3) is 2.94. The second-order valence-corrected chi connectivity index (χ2v) is 11.2. The van der Waals surface area contributed by atoms with Gasteiger partial charge in [0.05, 0.1) is 12.0 Å². The summed E-state index contributed by atoms with van der Waals surface area (Å²) in [5, 5.41) is 0. The van der Waals surface area contributed by atoms with Crippen LogP contribution < -0.4 is 4.90 Å². The number of nitrogens with zero attached hydrogens (tertiary/aromatic N) is 2. The Morgan fingerprint density at radius 3 is 1.88 bits per heavy atom. The Morgan fingerprint density at radius 1 is 0.812 bits per heavy atom. The van der Waals surface area contributed by atoms with Gasteiger partial charge in [0.15, 0.2) is 11.1 Å². The Kier molecular flexibility index (Phi) is 4.97. The van der Waals surface area contributed by atoms with Gasteiger partial charge >= 0.3 is 0 Å². The monoisotopic (exact) mass is 433 g/mol. The number of amidine groups is 1. The molecule has 1 aliphatic carbocycles. The van der Waals surface area contributed by atoms with Gasteiger partial charge in [0.2, 0.25) is 0 Å². The van der Waals surface area contributed by atoms with E-state index in [1.807, 2.05) is 12.1 Å². The van der Waals surface area contributed by atoms with Gasteiger partial charge in [0.1, 0.15) is 5.69 Å². The van der Waals surface area contributed by atoms with Gasteiger partial charge < -0.3 is 0 Å².